The van der Waals surface area contributed by atoms with Crippen LogP contribution < -0.4 is 4.84 Å². The van der Waals surface area contributed by atoms with E-state index in [1.165, 1.54) is 0 Å². The van der Waals surface area contributed by atoms with Crippen LogP contribution in [0.1, 0.15) is 11.1 Å². The van der Waals surface area contributed by atoms with E-state index in [0.717, 1.165) is 11.1 Å². The van der Waals surface area contributed by atoms with Crippen molar-refractivity contribution in [2.75, 3.05) is 0 Å². The van der Waals surface area contributed by atoms with Crippen molar-refractivity contribution in [3.8, 4) is 0 Å². The number of aliphatic imine (C=N–C) groups is 1. The van der Waals surface area contributed by atoms with Crippen molar-refractivity contribution in [1.82, 2.24) is 4.84 Å². The Hall–Kier alpha value is -1.80. The number of nitrogens with one attached hydrogen (secondary N) is 1. The van der Waals surface area contributed by atoms with Gasteiger partial charge in [0.25, 0.3) is 0 Å². The first kappa shape index (κ1) is 11.7. The third kappa shape index (κ3) is 3.33. The summed E-state index contributed by atoms with van der Waals surface area (Å²) < 4.78 is 0. The molecule has 0 aliphatic carbocycles. The summed E-state index contributed by atoms with van der Waals surface area (Å²) in [6.07, 6.45) is 0. The molecule has 2 rings (SSSR count). The maximum absolute atomic E-state index is 5.69. The summed E-state index contributed by atoms with van der Waals surface area (Å²) in [5.74, 6) is 0.691. The topological polar surface area (TPSA) is 24.4 Å². The lowest BCUT2D eigenvalue weighted by molar-refractivity contribution is 1.05. The van der Waals surface area contributed by atoms with Gasteiger partial charge in [0.1, 0.15) is 5.84 Å². The molecule has 0 aliphatic rings. The smallest absolute Gasteiger partial charge is 0.143 e. The van der Waals surface area contributed by atoms with E-state index < -0.39 is 0 Å². The molecule has 0 radical (unpaired) electrons. The number of amidine groups is 1. The number of rotatable bonds is 3. The van der Waals surface area contributed by atoms with Gasteiger partial charge in [-0.1, -0.05) is 60.7 Å². The normalized spacial score (nSPS) is 11.2. The molecule has 2 nitrogen and oxygen atoms in total. The summed E-state index contributed by atoms with van der Waals surface area (Å²) in [7, 11) is 0. The fourth-order valence-corrected chi connectivity index (χ4v) is 1.69. The van der Waals surface area contributed by atoms with E-state index >= 15 is 0 Å². The SMILES string of the molecule is ClNC(=NCc1ccccc1)c1ccccc1. The number of halogens is 1. The van der Waals surface area contributed by atoms with Crippen LogP contribution in [-0.2, 0) is 6.54 Å². The van der Waals surface area contributed by atoms with Crippen molar-refractivity contribution in [1.29, 1.82) is 0 Å². The van der Waals surface area contributed by atoms with Gasteiger partial charge in [-0.05, 0) is 5.56 Å². The summed E-state index contributed by atoms with van der Waals surface area (Å²) in [6, 6.07) is 19.9. The maximum Gasteiger partial charge on any atom is 0.143 e. The first-order valence-corrected chi connectivity index (χ1v) is 5.78. The zero-order valence-electron chi connectivity index (χ0n) is 9.31. The van der Waals surface area contributed by atoms with Crippen LogP contribution in [0.2, 0.25) is 0 Å². The minimum atomic E-state index is 0.616. The van der Waals surface area contributed by atoms with Crippen LogP contribution in [-0.4, -0.2) is 5.84 Å². The van der Waals surface area contributed by atoms with Gasteiger partial charge < -0.3 is 0 Å². The second kappa shape index (κ2) is 6.06. The van der Waals surface area contributed by atoms with Crippen molar-refractivity contribution < 1.29 is 0 Å². The standard InChI is InChI=1S/C14H13ClN2/c15-17-14(13-9-5-2-6-10-13)16-11-12-7-3-1-4-8-12/h1-10H,11H2,(H,16,17). The second-order valence-electron chi connectivity index (χ2n) is 3.61. The van der Waals surface area contributed by atoms with Crippen molar-refractivity contribution in [3.63, 3.8) is 0 Å². The van der Waals surface area contributed by atoms with Crippen molar-refractivity contribution in [3.05, 3.63) is 71.8 Å². The Morgan fingerprint density at radius 1 is 0.941 bits per heavy atom. The van der Waals surface area contributed by atoms with Gasteiger partial charge in [0.05, 0.1) is 6.54 Å². The molecule has 0 saturated carbocycles. The molecule has 0 fully saturated rings. The molecule has 2 aromatic rings. The molecule has 0 amide bonds. The largest absolute Gasteiger partial charge is 0.282 e. The van der Waals surface area contributed by atoms with Crippen LogP contribution in [0.15, 0.2) is 65.7 Å². The van der Waals surface area contributed by atoms with Crippen LogP contribution in [0.5, 0.6) is 0 Å². The fraction of sp³-hybridized carbons (Fsp3) is 0.0714. The second-order valence-corrected chi connectivity index (χ2v) is 3.80. The number of benzene rings is 2. The molecule has 0 saturated heterocycles. The van der Waals surface area contributed by atoms with Gasteiger partial charge in [-0.25, -0.2) is 0 Å². The van der Waals surface area contributed by atoms with Gasteiger partial charge in [-0.3, -0.25) is 9.83 Å². The molecule has 0 atom stereocenters. The van der Waals surface area contributed by atoms with E-state index in [2.05, 4.69) is 9.83 Å². The summed E-state index contributed by atoms with van der Waals surface area (Å²) >= 11 is 5.69. The van der Waals surface area contributed by atoms with E-state index in [9.17, 15) is 0 Å². The molecule has 0 aliphatic heterocycles. The predicted octanol–water partition coefficient (Wildman–Crippen LogP) is 3.38. The molecule has 0 heterocycles. The van der Waals surface area contributed by atoms with Gasteiger partial charge in [-0.2, -0.15) is 0 Å². The molecule has 2 aromatic carbocycles. The lowest BCUT2D eigenvalue weighted by Gasteiger charge is -2.04. The van der Waals surface area contributed by atoms with Crippen LogP contribution >= 0.6 is 11.8 Å². The number of nitrogens with zero attached hydrogens (tertiary/aromatic N) is 1. The van der Waals surface area contributed by atoms with Gasteiger partial charge in [0.15, 0.2) is 0 Å². The Morgan fingerprint density at radius 3 is 2.12 bits per heavy atom. The van der Waals surface area contributed by atoms with E-state index in [-0.39, 0.29) is 0 Å². The average molecular weight is 245 g/mol. The monoisotopic (exact) mass is 244 g/mol. The highest BCUT2D eigenvalue weighted by molar-refractivity contribution is 6.25. The zero-order valence-corrected chi connectivity index (χ0v) is 10.1. The van der Waals surface area contributed by atoms with E-state index in [4.69, 9.17) is 11.8 Å². The van der Waals surface area contributed by atoms with Gasteiger partial charge >= 0.3 is 0 Å². The molecule has 17 heavy (non-hydrogen) atoms. The van der Waals surface area contributed by atoms with Crippen LogP contribution in [0, 0.1) is 0 Å². The molecule has 0 aromatic heterocycles. The number of hydrogen-bond acceptors (Lipinski definition) is 1. The molecule has 86 valence electrons. The quantitative estimate of drug-likeness (QED) is 0.500. The Balaban J connectivity index is 2.14. The van der Waals surface area contributed by atoms with Crippen LogP contribution in [0.25, 0.3) is 0 Å². The molecule has 0 spiro atoms. The molecule has 1 N–H and O–H groups in total. The minimum absolute atomic E-state index is 0.616. The fourth-order valence-electron chi connectivity index (χ4n) is 1.53. The Kier molecular flexibility index (Phi) is 4.17. The number of hydrogen-bond donors (Lipinski definition) is 1. The van der Waals surface area contributed by atoms with Crippen molar-refractivity contribution in [2.45, 2.75) is 6.54 Å². The van der Waals surface area contributed by atoms with Gasteiger partial charge in [0, 0.05) is 17.3 Å². The Labute approximate surface area is 106 Å². The highest BCUT2D eigenvalue weighted by atomic mass is 35.5. The highest BCUT2D eigenvalue weighted by Crippen LogP contribution is 2.04. The van der Waals surface area contributed by atoms with Gasteiger partial charge in [-0.15, -0.1) is 0 Å². The average Bonchev–Trinajstić information content (AvgIpc) is 2.42. The summed E-state index contributed by atoms with van der Waals surface area (Å²) in [4.78, 5) is 7.07. The molecular formula is C14H13ClN2. The highest BCUT2D eigenvalue weighted by Gasteiger charge is 2.00. The molecule has 0 unspecified atom stereocenters. The first-order valence-electron chi connectivity index (χ1n) is 5.40. The summed E-state index contributed by atoms with van der Waals surface area (Å²) in [6.45, 7) is 0.616. The minimum Gasteiger partial charge on any atom is -0.282 e. The van der Waals surface area contributed by atoms with Crippen molar-refractivity contribution >= 4 is 17.6 Å². The zero-order chi connectivity index (χ0) is 11.9. The van der Waals surface area contributed by atoms with Crippen molar-refractivity contribution in [2.24, 2.45) is 4.99 Å². The lowest BCUT2D eigenvalue weighted by atomic mass is 10.2. The Morgan fingerprint density at radius 2 is 1.53 bits per heavy atom. The Bertz CT molecular complexity index is 480. The predicted molar refractivity (Wildman–Crippen MR) is 72.1 cm³/mol. The lowest BCUT2D eigenvalue weighted by Crippen LogP contribution is -2.14. The van der Waals surface area contributed by atoms with Gasteiger partial charge in [0.2, 0.25) is 0 Å². The third-order valence-electron chi connectivity index (χ3n) is 2.40. The summed E-state index contributed by atoms with van der Waals surface area (Å²) in [5, 5.41) is 0. The first-order chi connectivity index (χ1) is 8.40. The molecular weight excluding hydrogens is 232 g/mol. The maximum atomic E-state index is 5.69. The molecule has 0 bridgehead atoms. The third-order valence-corrected chi connectivity index (χ3v) is 2.58. The van der Waals surface area contributed by atoms with E-state index in [0.29, 0.717) is 12.4 Å². The summed E-state index contributed by atoms with van der Waals surface area (Å²) in [5.41, 5.74) is 2.14. The molecule has 3 heteroatoms. The van der Waals surface area contributed by atoms with E-state index in [1.54, 1.807) is 0 Å². The van der Waals surface area contributed by atoms with E-state index in [1.807, 2.05) is 60.7 Å². The van der Waals surface area contributed by atoms with Crippen LogP contribution in [0.4, 0.5) is 0 Å². The van der Waals surface area contributed by atoms with Crippen LogP contribution in [0.3, 0.4) is 0 Å².